The number of fused-ring (bicyclic) bond motifs is 1. The number of hydrogen-bond donors (Lipinski definition) is 1. The number of hydrogen-bond acceptors (Lipinski definition) is 6. The molecule has 0 saturated carbocycles. The van der Waals surface area contributed by atoms with Crippen LogP contribution in [0.15, 0.2) is 47.3 Å². The highest BCUT2D eigenvalue weighted by atomic mass is 16.6. The number of nitrogens with one attached hydrogen (secondary N) is 1. The van der Waals surface area contributed by atoms with Crippen LogP contribution in [0.4, 0.5) is 5.69 Å². The van der Waals surface area contributed by atoms with Crippen molar-refractivity contribution in [1.29, 1.82) is 0 Å². The molecule has 150 valence electrons. The SMILES string of the molecule is COCCn1nc(CNC(=O)c2ccc(C)c([N+](=O)[O-])c2)c2ccccc2c1=O. The number of carbonyl (C=O) groups excluding carboxylic acids is 1. The molecule has 0 atom stereocenters. The van der Waals surface area contributed by atoms with E-state index in [9.17, 15) is 19.7 Å². The van der Waals surface area contributed by atoms with Gasteiger partial charge in [0.05, 0.1) is 35.7 Å². The van der Waals surface area contributed by atoms with Crippen LogP contribution in [0.3, 0.4) is 0 Å². The summed E-state index contributed by atoms with van der Waals surface area (Å²) in [5.74, 6) is -0.464. The van der Waals surface area contributed by atoms with E-state index in [2.05, 4.69) is 10.4 Å². The number of benzene rings is 2. The van der Waals surface area contributed by atoms with Gasteiger partial charge in [-0.05, 0) is 19.1 Å². The molecule has 3 rings (SSSR count). The molecule has 29 heavy (non-hydrogen) atoms. The molecule has 1 amide bonds. The van der Waals surface area contributed by atoms with E-state index in [1.54, 1.807) is 31.2 Å². The van der Waals surface area contributed by atoms with Crippen molar-refractivity contribution in [2.75, 3.05) is 13.7 Å². The number of aryl methyl sites for hydroxylation is 1. The molecule has 3 aromatic rings. The quantitative estimate of drug-likeness (QED) is 0.483. The van der Waals surface area contributed by atoms with E-state index >= 15 is 0 Å². The third-order valence-corrected chi connectivity index (χ3v) is 4.54. The second kappa shape index (κ2) is 8.61. The Morgan fingerprint density at radius 1 is 1.24 bits per heavy atom. The maximum absolute atomic E-state index is 12.6. The average Bonchev–Trinajstić information content (AvgIpc) is 2.72. The summed E-state index contributed by atoms with van der Waals surface area (Å²) in [4.78, 5) is 35.7. The van der Waals surface area contributed by atoms with Gasteiger partial charge >= 0.3 is 0 Å². The number of nitrogens with zero attached hydrogens (tertiary/aromatic N) is 3. The molecule has 1 heterocycles. The van der Waals surface area contributed by atoms with E-state index in [0.717, 1.165) is 0 Å². The molecular weight excluding hydrogens is 376 g/mol. The van der Waals surface area contributed by atoms with Gasteiger partial charge in [-0.3, -0.25) is 19.7 Å². The Labute approximate surface area is 166 Å². The van der Waals surface area contributed by atoms with Gasteiger partial charge in [-0.2, -0.15) is 5.10 Å². The van der Waals surface area contributed by atoms with Crippen LogP contribution in [0.5, 0.6) is 0 Å². The van der Waals surface area contributed by atoms with Crippen LogP contribution >= 0.6 is 0 Å². The fraction of sp³-hybridized carbons (Fsp3) is 0.250. The van der Waals surface area contributed by atoms with Gasteiger partial charge in [-0.1, -0.05) is 24.3 Å². The lowest BCUT2D eigenvalue weighted by molar-refractivity contribution is -0.385. The van der Waals surface area contributed by atoms with Crippen molar-refractivity contribution in [3.8, 4) is 0 Å². The number of methoxy groups -OCH3 is 1. The molecular formula is C20H20N4O5. The highest BCUT2D eigenvalue weighted by molar-refractivity contribution is 5.95. The molecule has 0 fully saturated rings. The number of aromatic nitrogens is 2. The molecule has 0 saturated heterocycles. The number of carbonyl (C=O) groups is 1. The summed E-state index contributed by atoms with van der Waals surface area (Å²) in [5, 5.41) is 19.3. The predicted molar refractivity (Wildman–Crippen MR) is 107 cm³/mol. The molecule has 0 unspecified atom stereocenters. The fourth-order valence-electron chi connectivity index (χ4n) is 2.98. The molecule has 1 aromatic heterocycles. The van der Waals surface area contributed by atoms with Gasteiger partial charge in [0, 0.05) is 29.7 Å². The van der Waals surface area contributed by atoms with Crippen molar-refractivity contribution in [1.82, 2.24) is 15.1 Å². The van der Waals surface area contributed by atoms with Crippen LogP contribution in [-0.4, -0.2) is 34.3 Å². The lowest BCUT2D eigenvalue weighted by atomic mass is 10.1. The van der Waals surface area contributed by atoms with Gasteiger partial charge in [0.15, 0.2) is 0 Å². The van der Waals surface area contributed by atoms with Gasteiger partial charge in [-0.15, -0.1) is 0 Å². The standard InChI is InChI=1S/C20H20N4O5/c1-13-7-8-14(11-18(13)24(27)28)19(25)21-12-17-15-5-3-4-6-16(15)20(26)23(22-17)9-10-29-2/h3-8,11H,9-10,12H2,1-2H3,(H,21,25). The Hall–Kier alpha value is -3.59. The second-order valence-corrected chi connectivity index (χ2v) is 6.45. The van der Waals surface area contributed by atoms with Gasteiger partial charge in [0.1, 0.15) is 0 Å². The van der Waals surface area contributed by atoms with Crippen molar-refractivity contribution < 1.29 is 14.5 Å². The maximum Gasteiger partial charge on any atom is 0.274 e. The lowest BCUT2D eigenvalue weighted by Crippen LogP contribution is -2.29. The first-order valence-corrected chi connectivity index (χ1v) is 8.93. The fourth-order valence-corrected chi connectivity index (χ4v) is 2.98. The minimum Gasteiger partial charge on any atom is -0.383 e. The van der Waals surface area contributed by atoms with Crippen molar-refractivity contribution >= 4 is 22.4 Å². The van der Waals surface area contributed by atoms with Crippen LogP contribution < -0.4 is 10.9 Å². The minimum atomic E-state index is -0.521. The Kier molecular flexibility index (Phi) is 5.99. The normalized spacial score (nSPS) is 10.8. The van der Waals surface area contributed by atoms with Crippen LogP contribution in [0.25, 0.3) is 10.8 Å². The monoisotopic (exact) mass is 396 g/mol. The number of nitro groups is 1. The molecule has 0 aliphatic rings. The number of amides is 1. The van der Waals surface area contributed by atoms with Crippen LogP contribution in [0.2, 0.25) is 0 Å². The summed E-state index contributed by atoms with van der Waals surface area (Å²) >= 11 is 0. The van der Waals surface area contributed by atoms with Gasteiger partial charge in [-0.25, -0.2) is 4.68 Å². The van der Waals surface area contributed by atoms with Gasteiger partial charge < -0.3 is 10.1 Å². The van der Waals surface area contributed by atoms with E-state index < -0.39 is 10.8 Å². The summed E-state index contributed by atoms with van der Waals surface area (Å²) in [6.07, 6.45) is 0. The third kappa shape index (κ3) is 4.30. The zero-order chi connectivity index (χ0) is 21.0. The average molecular weight is 396 g/mol. The van der Waals surface area contributed by atoms with Crippen molar-refractivity contribution in [2.45, 2.75) is 20.0 Å². The van der Waals surface area contributed by atoms with E-state index in [4.69, 9.17) is 4.74 Å². The molecule has 0 spiro atoms. The summed E-state index contributed by atoms with van der Waals surface area (Å²) in [7, 11) is 1.54. The van der Waals surface area contributed by atoms with Gasteiger partial charge in [0.25, 0.3) is 17.2 Å². The van der Waals surface area contributed by atoms with E-state index in [0.29, 0.717) is 28.6 Å². The van der Waals surface area contributed by atoms with E-state index in [1.807, 2.05) is 0 Å². The highest BCUT2D eigenvalue weighted by Crippen LogP contribution is 2.19. The zero-order valence-electron chi connectivity index (χ0n) is 16.0. The number of ether oxygens (including phenoxy) is 1. The zero-order valence-corrected chi connectivity index (χ0v) is 16.0. The summed E-state index contributed by atoms with van der Waals surface area (Å²) in [5.41, 5.74) is 0.825. The Morgan fingerprint density at radius 3 is 2.66 bits per heavy atom. The second-order valence-electron chi connectivity index (χ2n) is 6.45. The van der Waals surface area contributed by atoms with Crippen molar-refractivity contribution in [2.24, 2.45) is 0 Å². The first-order chi connectivity index (χ1) is 13.9. The van der Waals surface area contributed by atoms with Crippen LogP contribution in [0, 0.1) is 17.0 Å². The van der Waals surface area contributed by atoms with Crippen LogP contribution in [0.1, 0.15) is 21.6 Å². The first kappa shape index (κ1) is 20.2. The molecule has 2 aromatic carbocycles. The molecule has 1 N–H and O–H groups in total. The molecule has 0 radical (unpaired) electrons. The topological polar surface area (TPSA) is 116 Å². The van der Waals surface area contributed by atoms with E-state index in [-0.39, 0.29) is 29.9 Å². The van der Waals surface area contributed by atoms with Crippen molar-refractivity contribution in [3.05, 3.63) is 79.8 Å². The summed E-state index contributed by atoms with van der Waals surface area (Å²) in [6, 6.07) is 11.3. The van der Waals surface area contributed by atoms with Crippen LogP contribution in [-0.2, 0) is 17.8 Å². The molecule has 9 nitrogen and oxygen atoms in total. The molecule has 0 aliphatic heterocycles. The lowest BCUT2D eigenvalue weighted by Gasteiger charge is -2.12. The Balaban J connectivity index is 1.89. The Bertz CT molecular complexity index is 1140. The number of rotatable bonds is 7. The highest BCUT2D eigenvalue weighted by Gasteiger charge is 2.16. The third-order valence-electron chi connectivity index (χ3n) is 4.54. The first-order valence-electron chi connectivity index (χ1n) is 8.93. The molecule has 9 heteroatoms. The Morgan fingerprint density at radius 2 is 1.97 bits per heavy atom. The summed E-state index contributed by atoms with van der Waals surface area (Å²) in [6.45, 7) is 2.28. The largest absolute Gasteiger partial charge is 0.383 e. The smallest absolute Gasteiger partial charge is 0.274 e. The minimum absolute atomic E-state index is 0.0638. The summed E-state index contributed by atoms with van der Waals surface area (Å²) < 4.78 is 6.33. The molecule has 0 aliphatic carbocycles. The predicted octanol–water partition coefficient (Wildman–Crippen LogP) is 2.19. The maximum atomic E-state index is 12.6. The van der Waals surface area contributed by atoms with Crippen molar-refractivity contribution in [3.63, 3.8) is 0 Å². The van der Waals surface area contributed by atoms with E-state index in [1.165, 1.54) is 30.0 Å². The van der Waals surface area contributed by atoms with Gasteiger partial charge in [0.2, 0.25) is 0 Å². The molecule has 0 bridgehead atoms. The number of nitro benzene ring substituents is 1.